The number of esters is 1. The van der Waals surface area contributed by atoms with Gasteiger partial charge in [-0.3, -0.25) is 0 Å². The molecule has 11 heteroatoms. The minimum atomic E-state index is -3.75. The highest BCUT2D eigenvalue weighted by molar-refractivity contribution is 7.89. The molecule has 0 atom stereocenters. The molecule has 0 amide bonds. The number of nitrogens with zero attached hydrogens (tertiary/aromatic N) is 2. The lowest BCUT2D eigenvalue weighted by atomic mass is 10.1. The average molecular weight is 481 g/mol. The van der Waals surface area contributed by atoms with E-state index in [0.29, 0.717) is 34.8 Å². The molecule has 1 aromatic carbocycles. The number of benzene rings is 1. The van der Waals surface area contributed by atoms with Crippen molar-refractivity contribution in [2.45, 2.75) is 18.4 Å². The van der Waals surface area contributed by atoms with Crippen LogP contribution < -0.4 is 5.63 Å². The molecule has 32 heavy (non-hydrogen) atoms. The molecule has 0 saturated carbocycles. The van der Waals surface area contributed by atoms with E-state index >= 15 is 0 Å². The van der Waals surface area contributed by atoms with Crippen molar-refractivity contribution >= 4 is 38.6 Å². The minimum absolute atomic E-state index is 0.00177. The summed E-state index contributed by atoms with van der Waals surface area (Å²) in [7, 11) is -2.19. The maximum Gasteiger partial charge on any atom is 0.355 e. The maximum atomic E-state index is 12.8. The Balaban J connectivity index is 1.57. The van der Waals surface area contributed by atoms with Crippen LogP contribution in [0.1, 0.15) is 21.6 Å². The molecule has 1 aliphatic rings. The van der Waals surface area contributed by atoms with Crippen LogP contribution in [0.5, 0.6) is 0 Å². The molecule has 0 radical (unpaired) electrons. The molecule has 9 nitrogen and oxygen atoms in total. The Hall–Kier alpha value is -2.66. The summed E-state index contributed by atoms with van der Waals surface area (Å²) in [5.41, 5.74) is 1.00. The lowest BCUT2D eigenvalue weighted by Crippen LogP contribution is -2.40. The molecule has 0 aliphatic carbocycles. The fourth-order valence-electron chi connectivity index (χ4n) is 3.50. The first-order valence-corrected chi connectivity index (χ1v) is 11.6. The third kappa shape index (κ3) is 4.31. The molecule has 0 spiro atoms. The van der Waals surface area contributed by atoms with Gasteiger partial charge in [-0.05, 0) is 30.7 Å². The number of ether oxygens (including phenoxy) is 2. The smallest absolute Gasteiger partial charge is 0.355 e. The van der Waals surface area contributed by atoms with Crippen molar-refractivity contribution < 1.29 is 27.1 Å². The van der Waals surface area contributed by atoms with Crippen LogP contribution in [0.2, 0.25) is 5.02 Å². The molecule has 1 saturated heterocycles. The van der Waals surface area contributed by atoms with Gasteiger partial charge in [-0.2, -0.15) is 4.31 Å². The number of hydrogen-bond donors (Lipinski definition) is 0. The number of morpholine rings is 1. The summed E-state index contributed by atoms with van der Waals surface area (Å²) >= 11 is 6.19. The lowest BCUT2D eigenvalue weighted by molar-refractivity contribution is 0.0462. The molecule has 1 fully saturated rings. The summed E-state index contributed by atoms with van der Waals surface area (Å²) in [6, 6.07) is 5.81. The third-order valence-electron chi connectivity index (χ3n) is 5.27. The van der Waals surface area contributed by atoms with Crippen molar-refractivity contribution in [3.63, 3.8) is 0 Å². The molecule has 3 heterocycles. The molecule has 1 aliphatic heterocycles. The third-order valence-corrected chi connectivity index (χ3v) is 7.54. The van der Waals surface area contributed by atoms with Crippen LogP contribution in [0.15, 0.2) is 44.6 Å². The number of halogens is 1. The zero-order valence-electron chi connectivity index (χ0n) is 17.5. The zero-order valence-corrected chi connectivity index (χ0v) is 19.0. The fourth-order valence-corrected chi connectivity index (χ4v) is 5.14. The number of carbonyl (C=O) groups is 1. The van der Waals surface area contributed by atoms with Gasteiger partial charge >= 0.3 is 11.6 Å². The Kier molecular flexibility index (Phi) is 6.13. The zero-order chi connectivity index (χ0) is 23.0. The van der Waals surface area contributed by atoms with E-state index in [0.717, 1.165) is 5.56 Å². The van der Waals surface area contributed by atoms with Gasteiger partial charge < -0.3 is 18.5 Å². The second-order valence-corrected chi connectivity index (χ2v) is 9.80. The normalized spacial score (nSPS) is 15.2. The van der Waals surface area contributed by atoms with Gasteiger partial charge in [0.1, 0.15) is 22.8 Å². The predicted octanol–water partition coefficient (Wildman–Crippen LogP) is 2.47. The maximum absolute atomic E-state index is 12.8. The largest absolute Gasteiger partial charge is 0.456 e. The quantitative estimate of drug-likeness (QED) is 0.407. The van der Waals surface area contributed by atoms with Gasteiger partial charge in [-0.25, -0.2) is 18.0 Å². The number of fused-ring (bicyclic) bond motifs is 1. The number of rotatable bonds is 5. The van der Waals surface area contributed by atoms with Gasteiger partial charge in [-0.1, -0.05) is 11.6 Å². The van der Waals surface area contributed by atoms with Gasteiger partial charge in [0.2, 0.25) is 10.0 Å². The highest BCUT2D eigenvalue weighted by Crippen LogP contribution is 2.26. The van der Waals surface area contributed by atoms with Crippen molar-refractivity contribution in [2.24, 2.45) is 7.05 Å². The Morgan fingerprint density at radius 3 is 2.62 bits per heavy atom. The average Bonchev–Trinajstić information content (AvgIpc) is 3.16. The summed E-state index contributed by atoms with van der Waals surface area (Å²) in [6.45, 7) is 2.72. The van der Waals surface area contributed by atoms with Crippen molar-refractivity contribution in [2.75, 3.05) is 26.3 Å². The number of aromatic nitrogens is 1. The molecule has 2 aromatic heterocycles. The van der Waals surface area contributed by atoms with Crippen molar-refractivity contribution in [1.29, 1.82) is 0 Å². The summed E-state index contributed by atoms with van der Waals surface area (Å²) in [4.78, 5) is 24.6. The minimum Gasteiger partial charge on any atom is -0.456 e. The van der Waals surface area contributed by atoms with Crippen molar-refractivity contribution in [1.82, 2.24) is 8.87 Å². The molecule has 0 unspecified atom stereocenters. The van der Waals surface area contributed by atoms with E-state index in [9.17, 15) is 18.0 Å². The predicted molar refractivity (Wildman–Crippen MR) is 116 cm³/mol. The lowest BCUT2D eigenvalue weighted by Gasteiger charge is -2.25. The summed E-state index contributed by atoms with van der Waals surface area (Å²) < 4.78 is 44.2. The van der Waals surface area contributed by atoms with E-state index in [2.05, 4.69) is 0 Å². The molecule has 170 valence electrons. The molecular weight excluding hydrogens is 460 g/mol. The first-order valence-electron chi connectivity index (χ1n) is 9.81. The molecule has 3 aromatic rings. The number of carbonyl (C=O) groups excluding carboxylic acids is 1. The van der Waals surface area contributed by atoms with Gasteiger partial charge in [0.05, 0.1) is 13.2 Å². The van der Waals surface area contributed by atoms with Crippen LogP contribution >= 0.6 is 11.6 Å². The van der Waals surface area contributed by atoms with E-state index in [1.54, 1.807) is 26.1 Å². The highest BCUT2D eigenvalue weighted by atomic mass is 35.5. The molecule has 0 bridgehead atoms. The molecule has 4 rings (SSSR count). The Bertz CT molecular complexity index is 1350. The Morgan fingerprint density at radius 2 is 1.91 bits per heavy atom. The van der Waals surface area contributed by atoms with Gasteiger partial charge in [0, 0.05) is 48.4 Å². The number of sulfonamides is 1. The van der Waals surface area contributed by atoms with Crippen molar-refractivity contribution in [3.05, 3.63) is 62.7 Å². The van der Waals surface area contributed by atoms with E-state index in [1.165, 1.54) is 27.2 Å². The highest BCUT2D eigenvalue weighted by Gasteiger charge is 2.29. The summed E-state index contributed by atoms with van der Waals surface area (Å²) in [6.07, 6.45) is 1.37. The molecule has 0 N–H and O–H groups in total. The molecular formula is C21H21ClN2O7S. The Labute approximate surface area is 189 Å². The monoisotopic (exact) mass is 480 g/mol. The van der Waals surface area contributed by atoms with Crippen LogP contribution in [0, 0.1) is 6.92 Å². The van der Waals surface area contributed by atoms with E-state index in [4.69, 9.17) is 25.5 Å². The first kappa shape index (κ1) is 22.5. The van der Waals surface area contributed by atoms with Crippen LogP contribution in [-0.2, 0) is 33.2 Å². The van der Waals surface area contributed by atoms with E-state index in [-0.39, 0.29) is 30.3 Å². The van der Waals surface area contributed by atoms with E-state index in [1.807, 2.05) is 0 Å². The fraction of sp³-hybridized carbons (Fsp3) is 0.333. The van der Waals surface area contributed by atoms with Crippen molar-refractivity contribution in [3.8, 4) is 0 Å². The first-order chi connectivity index (χ1) is 15.2. The SMILES string of the molecule is Cc1cc2oc(=O)cc(COC(=O)c3cc(S(=O)(=O)N4CCOCC4)cn3C)c2cc1Cl. The second-order valence-electron chi connectivity index (χ2n) is 7.45. The van der Waals surface area contributed by atoms with Crippen LogP contribution in [0.25, 0.3) is 11.0 Å². The van der Waals surface area contributed by atoms with Crippen LogP contribution in [0.3, 0.4) is 0 Å². The van der Waals surface area contributed by atoms with Gasteiger partial charge in [-0.15, -0.1) is 0 Å². The summed E-state index contributed by atoms with van der Waals surface area (Å²) in [5, 5.41) is 1.04. The second kappa shape index (κ2) is 8.70. The van der Waals surface area contributed by atoms with Crippen LogP contribution in [0.4, 0.5) is 0 Å². The summed E-state index contributed by atoms with van der Waals surface area (Å²) in [5.74, 6) is -0.726. The standard InChI is InChI=1S/C21H21ClN2O7S/c1-13-7-19-16(10-17(13)22)14(8-20(25)31-19)12-30-21(26)18-9-15(11-23(18)2)32(27,28)24-3-5-29-6-4-24/h7-11H,3-6,12H2,1-2H3. The van der Waals surface area contributed by atoms with Crippen LogP contribution in [-0.4, -0.2) is 49.6 Å². The van der Waals surface area contributed by atoms with Gasteiger partial charge in [0.25, 0.3) is 0 Å². The Morgan fingerprint density at radius 1 is 1.19 bits per heavy atom. The number of aryl methyl sites for hydroxylation is 2. The van der Waals surface area contributed by atoms with Gasteiger partial charge in [0.15, 0.2) is 0 Å². The topological polar surface area (TPSA) is 108 Å². The number of hydrogen-bond acceptors (Lipinski definition) is 7. The van der Waals surface area contributed by atoms with E-state index < -0.39 is 21.6 Å².